The molecule has 2 aliphatic rings. The van der Waals surface area contributed by atoms with Gasteiger partial charge in [0.05, 0.1) is 0 Å². The lowest BCUT2D eigenvalue weighted by Gasteiger charge is -2.46. The molecule has 0 heterocycles. The molecule has 4 atom stereocenters. The van der Waals surface area contributed by atoms with Crippen LogP contribution in [0.15, 0.2) is 0 Å². The van der Waals surface area contributed by atoms with E-state index in [1.54, 1.807) is 0 Å². The summed E-state index contributed by atoms with van der Waals surface area (Å²) in [5.74, 6) is 8.54. The first-order valence-corrected chi connectivity index (χ1v) is 9.31. The van der Waals surface area contributed by atoms with Crippen LogP contribution in [0.4, 0.5) is 0 Å². The van der Waals surface area contributed by atoms with E-state index in [2.05, 4.69) is 48.5 Å². The van der Waals surface area contributed by atoms with Crippen LogP contribution >= 0.6 is 0 Å². The second kappa shape index (κ2) is 6.41. The second-order valence-electron chi connectivity index (χ2n) is 8.95. The molecule has 2 saturated carbocycles. The zero-order valence-corrected chi connectivity index (χ0v) is 15.0. The van der Waals surface area contributed by atoms with Gasteiger partial charge < -0.3 is 0 Å². The van der Waals surface area contributed by atoms with Gasteiger partial charge in [-0.1, -0.05) is 48.5 Å². The highest BCUT2D eigenvalue weighted by Gasteiger charge is 2.39. The van der Waals surface area contributed by atoms with Crippen LogP contribution in [-0.4, -0.2) is 0 Å². The lowest BCUT2D eigenvalue weighted by molar-refractivity contribution is 0.0416. The first-order valence-electron chi connectivity index (χ1n) is 9.31. The van der Waals surface area contributed by atoms with Gasteiger partial charge in [0.15, 0.2) is 0 Å². The molecule has 0 bridgehead atoms. The van der Waals surface area contributed by atoms with Crippen molar-refractivity contribution in [1.29, 1.82) is 0 Å². The van der Waals surface area contributed by atoms with Gasteiger partial charge in [0, 0.05) is 0 Å². The average Bonchev–Trinajstić information content (AvgIpc) is 2.40. The Hall–Kier alpha value is 0. The summed E-state index contributed by atoms with van der Waals surface area (Å²) in [6.07, 6.45) is 5.95. The van der Waals surface area contributed by atoms with Crippen molar-refractivity contribution in [2.45, 2.75) is 74.1 Å². The molecule has 0 aromatic rings. The van der Waals surface area contributed by atoms with E-state index in [9.17, 15) is 0 Å². The molecule has 0 aromatic heterocycles. The molecular weight excluding hydrogens is 240 g/mol. The van der Waals surface area contributed by atoms with Gasteiger partial charge in [-0.2, -0.15) is 0 Å². The number of hydrogen-bond acceptors (Lipinski definition) is 0. The fourth-order valence-electron chi connectivity index (χ4n) is 5.33. The van der Waals surface area contributed by atoms with Crippen LogP contribution in [-0.2, 0) is 0 Å². The Morgan fingerprint density at radius 3 is 1.05 bits per heavy atom. The summed E-state index contributed by atoms with van der Waals surface area (Å²) in [6, 6.07) is 0. The maximum absolute atomic E-state index is 2.58. The Kier molecular flexibility index (Phi) is 5.24. The average molecular weight is 279 g/mol. The molecule has 0 N–H and O–H groups in total. The molecular formula is C20H38. The highest BCUT2D eigenvalue weighted by molar-refractivity contribution is 4.88. The van der Waals surface area contributed by atoms with Crippen LogP contribution in [0.2, 0.25) is 0 Å². The van der Waals surface area contributed by atoms with Gasteiger partial charge in [0.25, 0.3) is 0 Å². The minimum absolute atomic E-state index is 0.933. The predicted octanol–water partition coefficient (Wildman–Crippen LogP) is 6.26. The first kappa shape index (κ1) is 16.4. The first-order chi connectivity index (χ1) is 9.31. The number of hydrogen-bond donors (Lipinski definition) is 0. The van der Waals surface area contributed by atoms with Crippen LogP contribution in [0.3, 0.4) is 0 Å². The Bertz CT molecular complexity index is 253. The van der Waals surface area contributed by atoms with Gasteiger partial charge >= 0.3 is 0 Å². The molecule has 0 amide bonds. The summed E-state index contributed by atoms with van der Waals surface area (Å²) in [4.78, 5) is 0. The topological polar surface area (TPSA) is 0 Å². The van der Waals surface area contributed by atoms with Crippen LogP contribution in [0, 0.1) is 53.3 Å². The highest BCUT2D eigenvalue weighted by Crippen LogP contribution is 2.47. The molecule has 2 rings (SSSR count). The maximum Gasteiger partial charge on any atom is -0.0381 e. The van der Waals surface area contributed by atoms with E-state index >= 15 is 0 Å². The molecule has 20 heavy (non-hydrogen) atoms. The molecule has 4 unspecified atom stereocenters. The summed E-state index contributed by atoms with van der Waals surface area (Å²) < 4.78 is 0. The van der Waals surface area contributed by atoms with Gasteiger partial charge in [0.2, 0.25) is 0 Å². The number of rotatable bonds is 2. The molecule has 0 heteroatoms. The van der Waals surface area contributed by atoms with E-state index in [0.29, 0.717) is 0 Å². The third kappa shape index (κ3) is 3.25. The normalized spacial score (nSPS) is 51.8. The zero-order chi connectivity index (χ0) is 15.0. The Labute approximate surface area is 128 Å². The predicted molar refractivity (Wildman–Crippen MR) is 89.6 cm³/mol. The Balaban J connectivity index is 1.99. The smallest absolute Gasteiger partial charge is 0.0381 e. The third-order valence-electron chi connectivity index (χ3n) is 7.78. The lowest BCUT2D eigenvalue weighted by Crippen LogP contribution is -2.37. The third-order valence-corrected chi connectivity index (χ3v) is 7.78. The van der Waals surface area contributed by atoms with Crippen molar-refractivity contribution < 1.29 is 0 Å². The van der Waals surface area contributed by atoms with E-state index in [4.69, 9.17) is 0 Å². The molecule has 0 saturated heterocycles. The van der Waals surface area contributed by atoms with Crippen LogP contribution in [0.25, 0.3) is 0 Å². The van der Waals surface area contributed by atoms with Crippen molar-refractivity contribution in [3.8, 4) is 0 Å². The monoisotopic (exact) mass is 278 g/mol. The van der Waals surface area contributed by atoms with E-state index < -0.39 is 0 Å². The van der Waals surface area contributed by atoms with Crippen molar-refractivity contribution in [1.82, 2.24) is 0 Å². The fraction of sp³-hybridized carbons (Fsp3) is 1.00. The molecule has 0 aromatic carbocycles. The summed E-state index contributed by atoms with van der Waals surface area (Å²) in [7, 11) is 0. The van der Waals surface area contributed by atoms with Gasteiger partial charge in [-0.05, 0) is 78.9 Å². The Morgan fingerprint density at radius 2 is 0.800 bits per heavy atom. The highest BCUT2D eigenvalue weighted by atomic mass is 14.4. The van der Waals surface area contributed by atoms with Gasteiger partial charge in [-0.15, -0.1) is 0 Å². The quantitative estimate of drug-likeness (QED) is 0.559. The Morgan fingerprint density at radius 1 is 0.550 bits per heavy atom. The molecule has 0 radical (unpaired) electrons. The minimum Gasteiger partial charge on any atom is -0.0622 e. The maximum atomic E-state index is 2.58. The minimum atomic E-state index is 0.933. The summed E-state index contributed by atoms with van der Waals surface area (Å²) in [5, 5.41) is 0. The fourth-order valence-corrected chi connectivity index (χ4v) is 5.33. The largest absolute Gasteiger partial charge is 0.0622 e. The molecule has 0 aliphatic heterocycles. The standard InChI is InChI=1S/C20H38/c1-12-8-19(9-13(2)16(12)5)18(7)20-10-14(3)17(6)15(4)11-20/h12-20H,8-11H2,1-7H3. The van der Waals surface area contributed by atoms with Gasteiger partial charge in [0.1, 0.15) is 0 Å². The summed E-state index contributed by atoms with van der Waals surface area (Å²) in [5.41, 5.74) is 0. The molecule has 0 spiro atoms. The molecule has 0 nitrogen and oxygen atoms in total. The molecule has 2 fully saturated rings. The second-order valence-corrected chi connectivity index (χ2v) is 8.95. The molecule has 118 valence electrons. The van der Waals surface area contributed by atoms with Crippen molar-refractivity contribution in [3.05, 3.63) is 0 Å². The van der Waals surface area contributed by atoms with E-state index in [1.807, 2.05) is 0 Å². The van der Waals surface area contributed by atoms with Crippen molar-refractivity contribution in [3.63, 3.8) is 0 Å². The zero-order valence-electron chi connectivity index (χ0n) is 15.0. The lowest BCUT2D eigenvalue weighted by atomic mass is 9.60. The molecule has 2 aliphatic carbocycles. The summed E-state index contributed by atoms with van der Waals surface area (Å²) in [6.45, 7) is 17.5. The van der Waals surface area contributed by atoms with Crippen molar-refractivity contribution >= 4 is 0 Å². The van der Waals surface area contributed by atoms with Crippen LogP contribution in [0.5, 0.6) is 0 Å². The van der Waals surface area contributed by atoms with E-state index in [0.717, 1.165) is 53.3 Å². The van der Waals surface area contributed by atoms with Crippen molar-refractivity contribution in [2.75, 3.05) is 0 Å². The van der Waals surface area contributed by atoms with E-state index in [-0.39, 0.29) is 0 Å². The van der Waals surface area contributed by atoms with Crippen molar-refractivity contribution in [2.24, 2.45) is 53.3 Å². The van der Waals surface area contributed by atoms with Gasteiger partial charge in [-0.25, -0.2) is 0 Å². The van der Waals surface area contributed by atoms with Gasteiger partial charge in [-0.3, -0.25) is 0 Å². The van der Waals surface area contributed by atoms with Crippen LogP contribution < -0.4 is 0 Å². The van der Waals surface area contributed by atoms with Crippen LogP contribution in [0.1, 0.15) is 74.1 Å². The summed E-state index contributed by atoms with van der Waals surface area (Å²) >= 11 is 0. The SMILES string of the molecule is CC1CC(C(C)C2CC(C)C(C)C(C)C2)CC(C)C1C. The van der Waals surface area contributed by atoms with E-state index in [1.165, 1.54) is 25.7 Å².